The third-order valence-corrected chi connectivity index (χ3v) is 5.04. The number of carbonyl (C=O) groups excluding carboxylic acids is 1. The van der Waals surface area contributed by atoms with Gasteiger partial charge in [0, 0.05) is 30.8 Å². The van der Waals surface area contributed by atoms with Crippen LogP contribution in [0.2, 0.25) is 0 Å². The van der Waals surface area contributed by atoms with Crippen LogP contribution in [0.15, 0.2) is 18.3 Å². The molecule has 0 fully saturated rings. The van der Waals surface area contributed by atoms with E-state index in [4.69, 9.17) is 4.74 Å². The number of ether oxygens (including phenoxy) is 1. The first-order valence-corrected chi connectivity index (χ1v) is 9.21. The Balaban J connectivity index is 1.66. The number of hydrogen-bond acceptors (Lipinski definition) is 3. The highest BCUT2D eigenvalue weighted by molar-refractivity contribution is 5.78. The third-order valence-electron chi connectivity index (χ3n) is 5.04. The molecule has 1 amide bonds. The van der Waals surface area contributed by atoms with Crippen LogP contribution in [0, 0.1) is 20.8 Å². The Morgan fingerprint density at radius 1 is 1.23 bits per heavy atom. The summed E-state index contributed by atoms with van der Waals surface area (Å²) >= 11 is 0. The highest BCUT2D eigenvalue weighted by Gasteiger charge is 2.27. The van der Waals surface area contributed by atoms with Crippen LogP contribution in [0.4, 0.5) is 0 Å². The first-order valence-electron chi connectivity index (χ1n) is 9.21. The molecule has 0 N–H and O–H groups in total. The van der Waals surface area contributed by atoms with Crippen molar-refractivity contribution >= 4 is 5.91 Å². The second kappa shape index (κ2) is 6.78. The topological polar surface area (TPSA) is 47.4 Å². The van der Waals surface area contributed by atoms with Crippen LogP contribution in [0.5, 0.6) is 5.75 Å². The number of rotatable bonds is 3. The quantitative estimate of drug-likeness (QED) is 0.846. The van der Waals surface area contributed by atoms with Gasteiger partial charge in [-0.1, -0.05) is 6.07 Å². The maximum atomic E-state index is 12.6. The Labute approximate surface area is 156 Å². The lowest BCUT2D eigenvalue weighted by atomic mass is 10.0. The molecule has 3 rings (SSSR count). The molecule has 5 heteroatoms. The smallest absolute Gasteiger partial charge is 0.260 e. The molecule has 0 aliphatic carbocycles. The van der Waals surface area contributed by atoms with Crippen molar-refractivity contribution < 1.29 is 9.53 Å². The number of fused-ring (bicyclic) bond motifs is 1. The van der Waals surface area contributed by atoms with E-state index in [0.717, 1.165) is 28.9 Å². The average molecular weight is 355 g/mol. The molecule has 0 spiro atoms. The first-order chi connectivity index (χ1) is 12.2. The van der Waals surface area contributed by atoms with Gasteiger partial charge in [-0.2, -0.15) is 5.10 Å². The van der Waals surface area contributed by atoms with Crippen LogP contribution in [-0.2, 0) is 23.3 Å². The van der Waals surface area contributed by atoms with Gasteiger partial charge in [-0.3, -0.25) is 9.48 Å². The summed E-state index contributed by atoms with van der Waals surface area (Å²) in [5.74, 6) is 0.826. The molecule has 2 heterocycles. The van der Waals surface area contributed by atoms with Gasteiger partial charge in [-0.25, -0.2) is 0 Å². The summed E-state index contributed by atoms with van der Waals surface area (Å²) in [6, 6.07) is 4.13. The van der Waals surface area contributed by atoms with Gasteiger partial charge in [0.1, 0.15) is 5.75 Å². The predicted molar refractivity (Wildman–Crippen MR) is 102 cm³/mol. The van der Waals surface area contributed by atoms with Crippen molar-refractivity contribution in [3.8, 4) is 5.75 Å². The highest BCUT2D eigenvalue weighted by Crippen LogP contribution is 2.25. The summed E-state index contributed by atoms with van der Waals surface area (Å²) < 4.78 is 7.93. The molecule has 1 aromatic carbocycles. The Hall–Kier alpha value is -2.30. The van der Waals surface area contributed by atoms with E-state index in [-0.39, 0.29) is 18.1 Å². The summed E-state index contributed by atoms with van der Waals surface area (Å²) in [6.07, 6.45) is 2.73. The Morgan fingerprint density at radius 2 is 1.96 bits per heavy atom. The van der Waals surface area contributed by atoms with Gasteiger partial charge >= 0.3 is 0 Å². The van der Waals surface area contributed by atoms with E-state index < -0.39 is 0 Å². The lowest BCUT2D eigenvalue weighted by molar-refractivity contribution is -0.134. The highest BCUT2D eigenvalue weighted by atomic mass is 16.5. The van der Waals surface area contributed by atoms with E-state index in [0.29, 0.717) is 13.1 Å². The average Bonchev–Trinajstić information content (AvgIpc) is 2.99. The number of amides is 1. The van der Waals surface area contributed by atoms with Crippen molar-refractivity contribution in [3.63, 3.8) is 0 Å². The maximum Gasteiger partial charge on any atom is 0.260 e. The fourth-order valence-electron chi connectivity index (χ4n) is 3.50. The van der Waals surface area contributed by atoms with E-state index >= 15 is 0 Å². The van der Waals surface area contributed by atoms with Crippen molar-refractivity contribution in [2.75, 3.05) is 13.2 Å². The van der Waals surface area contributed by atoms with Crippen molar-refractivity contribution in [1.29, 1.82) is 0 Å². The number of aryl methyl sites for hydroxylation is 2. The zero-order chi connectivity index (χ0) is 19.1. The largest absolute Gasteiger partial charge is 0.483 e. The van der Waals surface area contributed by atoms with Gasteiger partial charge in [0.15, 0.2) is 6.61 Å². The number of nitrogens with zero attached hydrogens (tertiary/aromatic N) is 3. The minimum Gasteiger partial charge on any atom is -0.483 e. The van der Waals surface area contributed by atoms with Crippen molar-refractivity contribution in [2.45, 2.75) is 60.0 Å². The third kappa shape index (κ3) is 3.62. The maximum absolute atomic E-state index is 12.6. The molecule has 140 valence electrons. The normalized spacial score (nSPS) is 14.3. The lowest BCUT2D eigenvalue weighted by Gasteiger charge is -2.30. The van der Waals surface area contributed by atoms with Crippen LogP contribution in [0.25, 0.3) is 0 Å². The molecular formula is C21H29N3O2. The predicted octanol–water partition coefficient (Wildman–Crippen LogP) is 3.53. The Morgan fingerprint density at radius 3 is 2.65 bits per heavy atom. The van der Waals surface area contributed by atoms with Crippen LogP contribution in [0.3, 0.4) is 0 Å². The summed E-state index contributed by atoms with van der Waals surface area (Å²) in [4.78, 5) is 14.5. The fraction of sp³-hybridized carbons (Fsp3) is 0.524. The van der Waals surface area contributed by atoms with Crippen molar-refractivity contribution in [1.82, 2.24) is 14.7 Å². The van der Waals surface area contributed by atoms with Crippen LogP contribution >= 0.6 is 0 Å². The Bertz CT molecular complexity index is 831. The molecule has 0 atom stereocenters. The molecule has 2 aromatic rings. The molecule has 0 saturated heterocycles. The molecule has 0 bridgehead atoms. The number of carbonyl (C=O) groups is 1. The van der Waals surface area contributed by atoms with Crippen LogP contribution in [-0.4, -0.2) is 33.7 Å². The van der Waals surface area contributed by atoms with Gasteiger partial charge in [0.2, 0.25) is 0 Å². The molecular weight excluding hydrogens is 326 g/mol. The second-order valence-electron chi connectivity index (χ2n) is 8.26. The summed E-state index contributed by atoms with van der Waals surface area (Å²) in [6.45, 7) is 14.0. The molecule has 5 nitrogen and oxygen atoms in total. The van der Waals surface area contributed by atoms with Crippen molar-refractivity contribution in [3.05, 3.63) is 46.3 Å². The number of aromatic nitrogens is 2. The van der Waals surface area contributed by atoms with E-state index in [1.54, 1.807) is 0 Å². The number of benzene rings is 1. The first kappa shape index (κ1) is 18.5. The minimum absolute atomic E-state index is 0.0257. The molecule has 1 aliphatic heterocycles. The molecule has 1 aromatic heterocycles. The Kier molecular flexibility index (Phi) is 4.82. The van der Waals surface area contributed by atoms with E-state index in [1.165, 1.54) is 11.3 Å². The SMILES string of the molecule is Cc1cc(C)c(C)c(OCC(=O)N2CCc3c(cnn3C(C)(C)C)C2)c1. The molecule has 1 aliphatic rings. The van der Waals surface area contributed by atoms with Crippen LogP contribution in [0.1, 0.15) is 48.7 Å². The standard InChI is InChI=1S/C21H29N3O2/c1-14-9-15(2)16(3)19(10-14)26-13-20(25)23-8-7-18-17(12-23)11-22-24(18)21(4,5)6/h9-11H,7-8,12-13H2,1-6H3. The summed E-state index contributed by atoms with van der Waals surface area (Å²) in [5.41, 5.74) is 5.77. The van der Waals surface area contributed by atoms with Gasteiger partial charge in [-0.05, 0) is 64.3 Å². The molecule has 0 saturated carbocycles. The van der Waals surface area contributed by atoms with Crippen molar-refractivity contribution in [2.24, 2.45) is 0 Å². The minimum atomic E-state index is -0.0383. The van der Waals surface area contributed by atoms with Crippen LogP contribution < -0.4 is 4.74 Å². The molecule has 0 radical (unpaired) electrons. The summed E-state index contributed by atoms with van der Waals surface area (Å²) in [5, 5.41) is 4.53. The van der Waals surface area contributed by atoms with E-state index in [9.17, 15) is 4.79 Å². The van der Waals surface area contributed by atoms with Gasteiger partial charge in [-0.15, -0.1) is 0 Å². The monoisotopic (exact) mass is 355 g/mol. The van der Waals surface area contributed by atoms with Gasteiger partial charge < -0.3 is 9.64 Å². The molecule has 26 heavy (non-hydrogen) atoms. The zero-order valence-corrected chi connectivity index (χ0v) is 16.7. The molecule has 0 unspecified atom stereocenters. The van der Waals surface area contributed by atoms with E-state index in [1.807, 2.05) is 31.0 Å². The fourth-order valence-corrected chi connectivity index (χ4v) is 3.50. The summed E-state index contributed by atoms with van der Waals surface area (Å²) in [7, 11) is 0. The number of hydrogen-bond donors (Lipinski definition) is 0. The zero-order valence-electron chi connectivity index (χ0n) is 16.7. The van der Waals surface area contributed by atoms with E-state index in [2.05, 4.69) is 43.5 Å². The second-order valence-corrected chi connectivity index (χ2v) is 8.26. The lowest BCUT2D eigenvalue weighted by Crippen LogP contribution is -2.40. The van der Waals surface area contributed by atoms with Gasteiger partial charge in [0.25, 0.3) is 5.91 Å². The van der Waals surface area contributed by atoms with Gasteiger partial charge in [0.05, 0.1) is 11.7 Å².